The maximum absolute atomic E-state index is 13.1. The van der Waals surface area contributed by atoms with Crippen LogP contribution in [-0.2, 0) is 43.4 Å². The molecule has 1 aliphatic carbocycles. The van der Waals surface area contributed by atoms with Gasteiger partial charge in [-0.2, -0.15) is 0 Å². The summed E-state index contributed by atoms with van der Waals surface area (Å²) in [5.74, 6) is -2.78. The summed E-state index contributed by atoms with van der Waals surface area (Å²) < 4.78 is 42.3. The van der Waals surface area contributed by atoms with Crippen molar-refractivity contribution in [1.82, 2.24) is 0 Å². The van der Waals surface area contributed by atoms with Gasteiger partial charge in [-0.05, 0) is 109 Å². The quantitative estimate of drug-likeness (QED) is 0.0292. The first-order valence-corrected chi connectivity index (χ1v) is 19.2. The monoisotopic (exact) mass is 834 g/mol. The molecule has 0 bridgehead atoms. The van der Waals surface area contributed by atoms with Gasteiger partial charge in [0.25, 0.3) is 0 Å². The summed E-state index contributed by atoms with van der Waals surface area (Å²) >= 11 is 0. The van der Waals surface area contributed by atoms with Crippen LogP contribution in [0.5, 0.6) is 11.5 Å². The molecule has 0 spiro atoms. The molecule has 0 radical (unpaired) electrons. The van der Waals surface area contributed by atoms with Gasteiger partial charge in [0.1, 0.15) is 37.9 Å². The van der Waals surface area contributed by atoms with Gasteiger partial charge in [0.15, 0.2) is 0 Å². The van der Waals surface area contributed by atoms with Crippen LogP contribution in [0.15, 0.2) is 109 Å². The van der Waals surface area contributed by atoms with Crippen LogP contribution >= 0.6 is 0 Å². The largest absolute Gasteiger partial charge is 0.460 e. The fourth-order valence-corrected chi connectivity index (χ4v) is 6.03. The summed E-state index contributed by atoms with van der Waals surface area (Å²) in [4.78, 5) is 73.8. The molecule has 0 atom stereocenters. The Kier molecular flexibility index (Phi) is 15.5. The van der Waals surface area contributed by atoms with Crippen molar-refractivity contribution in [3.8, 4) is 22.6 Å². The average Bonchev–Trinajstić information content (AvgIpc) is 3.46. The van der Waals surface area contributed by atoms with Gasteiger partial charge >= 0.3 is 35.8 Å². The van der Waals surface area contributed by atoms with Crippen molar-refractivity contribution in [2.45, 2.75) is 33.1 Å². The Morgan fingerprint density at radius 2 is 0.754 bits per heavy atom. The van der Waals surface area contributed by atoms with Crippen LogP contribution < -0.4 is 9.47 Å². The third-order valence-electron chi connectivity index (χ3n) is 9.29. The lowest BCUT2D eigenvalue weighted by Crippen LogP contribution is -2.16. The fourth-order valence-electron chi connectivity index (χ4n) is 6.03. The lowest BCUT2D eigenvalue weighted by molar-refractivity contribution is -0.141. The maximum atomic E-state index is 13.1. The van der Waals surface area contributed by atoms with Crippen LogP contribution in [0.1, 0.15) is 80.3 Å². The molecule has 0 unspecified atom stereocenters. The molecule has 5 rings (SSSR count). The molecule has 0 aliphatic heterocycles. The molecule has 4 aromatic rings. The number of benzene rings is 4. The molecule has 4 aromatic carbocycles. The molecule has 0 amide bonds. The van der Waals surface area contributed by atoms with Crippen molar-refractivity contribution in [2.75, 3.05) is 52.9 Å². The third kappa shape index (κ3) is 12.1. The van der Waals surface area contributed by atoms with E-state index >= 15 is 0 Å². The first kappa shape index (κ1) is 45.2. The SMILES string of the molecule is C=C(C)C(=O)OCCOCCOC(=O)c1ccc(C(=O)Oc2ccc3c(c2)C(C)(C)c2cc(OC(=O)c4ccc(C(=O)OCCOCCOC(=O)C(=C)C)cc4)ccc2-3)cc1. The predicted molar refractivity (Wildman–Crippen MR) is 221 cm³/mol. The van der Waals surface area contributed by atoms with Gasteiger partial charge in [0.2, 0.25) is 0 Å². The van der Waals surface area contributed by atoms with E-state index in [-0.39, 0.29) is 86.3 Å². The van der Waals surface area contributed by atoms with Crippen LogP contribution in [0.2, 0.25) is 0 Å². The standard InChI is InChI=1S/C47H46O14/c1-29(2)41(48)56-23-19-54-21-25-58-43(50)31-7-11-33(12-8-31)45(52)60-35-15-17-37-38-18-16-36(28-40(38)47(5,6)39(37)27-35)61-46(53)34-13-9-32(10-14-34)44(51)59-26-22-55-20-24-57-42(49)30(3)4/h7-18,27-28H,1,3,19-26H2,2,4-6H3. The van der Waals surface area contributed by atoms with Gasteiger partial charge in [-0.3, -0.25) is 0 Å². The van der Waals surface area contributed by atoms with E-state index in [0.29, 0.717) is 11.5 Å². The molecule has 318 valence electrons. The summed E-state index contributed by atoms with van der Waals surface area (Å²) in [6, 6.07) is 22.5. The topological polar surface area (TPSA) is 176 Å². The van der Waals surface area contributed by atoms with Crippen molar-refractivity contribution in [1.29, 1.82) is 0 Å². The first-order valence-electron chi connectivity index (χ1n) is 19.2. The van der Waals surface area contributed by atoms with Crippen molar-refractivity contribution in [3.63, 3.8) is 0 Å². The van der Waals surface area contributed by atoms with E-state index in [0.717, 1.165) is 22.3 Å². The number of carbonyl (C=O) groups excluding carboxylic acids is 6. The lowest BCUT2D eigenvalue weighted by atomic mass is 9.82. The number of hydrogen-bond donors (Lipinski definition) is 0. The summed E-state index contributed by atoms with van der Waals surface area (Å²) in [7, 11) is 0. The van der Waals surface area contributed by atoms with Crippen molar-refractivity contribution in [3.05, 3.63) is 143 Å². The molecule has 0 saturated carbocycles. The van der Waals surface area contributed by atoms with Gasteiger partial charge < -0.3 is 37.9 Å². The molecule has 61 heavy (non-hydrogen) atoms. The Bertz CT molecular complexity index is 2140. The number of carbonyl (C=O) groups is 6. The van der Waals surface area contributed by atoms with Gasteiger partial charge in [-0.1, -0.05) is 39.1 Å². The normalized spacial score (nSPS) is 11.9. The van der Waals surface area contributed by atoms with Crippen LogP contribution in [0.25, 0.3) is 11.1 Å². The minimum absolute atomic E-state index is 0.0155. The van der Waals surface area contributed by atoms with Crippen LogP contribution in [0.3, 0.4) is 0 Å². The highest BCUT2D eigenvalue weighted by Crippen LogP contribution is 2.50. The highest BCUT2D eigenvalue weighted by molar-refractivity contribution is 5.96. The van der Waals surface area contributed by atoms with Gasteiger partial charge in [0.05, 0.1) is 48.7 Å². The molecule has 1 aliphatic rings. The lowest BCUT2D eigenvalue weighted by Gasteiger charge is -2.22. The van der Waals surface area contributed by atoms with E-state index < -0.39 is 41.2 Å². The number of ether oxygens (including phenoxy) is 8. The molecular weight excluding hydrogens is 789 g/mol. The summed E-state index contributed by atoms with van der Waals surface area (Å²) in [6.07, 6.45) is 0. The molecule has 0 fully saturated rings. The van der Waals surface area contributed by atoms with E-state index in [4.69, 9.17) is 37.9 Å². The number of fused-ring (bicyclic) bond motifs is 3. The van der Waals surface area contributed by atoms with Crippen LogP contribution in [0.4, 0.5) is 0 Å². The van der Waals surface area contributed by atoms with E-state index in [9.17, 15) is 28.8 Å². The molecule has 0 aromatic heterocycles. The Morgan fingerprint density at radius 3 is 1.08 bits per heavy atom. The van der Waals surface area contributed by atoms with Crippen LogP contribution in [-0.4, -0.2) is 88.7 Å². The smallest absolute Gasteiger partial charge is 0.343 e. The predicted octanol–water partition coefficient (Wildman–Crippen LogP) is 7.02. The minimum Gasteiger partial charge on any atom is -0.460 e. The second-order valence-electron chi connectivity index (χ2n) is 14.3. The van der Waals surface area contributed by atoms with E-state index in [1.54, 1.807) is 38.1 Å². The molecular formula is C47H46O14. The second kappa shape index (κ2) is 20.9. The highest BCUT2D eigenvalue weighted by atomic mass is 16.6. The third-order valence-corrected chi connectivity index (χ3v) is 9.29. The number of rotatable bonds is 20. The first-order chi connectivity index (χ1) is 29.1. The molecule has 0 N–H and O–H groups in total. The Labute approximate surface area is 352 Å². The van der Waals surface area contributed by atoms with Crippen molar-refractivity contribution >= 4 is 35.8 Å². The highest BCUT2D eigenvalue weighted by Gasteiger charge is 2.36. The zero-order chi connectivity index (χ0) is 44.1. The second-order valence-corrected chi connectivity index (χ2v) is 14.3. The van der Waals surface area contributed by atoms with Gasteiger partial charge in [-0.25, -0.2) is 28.8 Å². The zero-order valence-electron chi connectivity index (χ0n) is 34.4. The Hall–Kier alpha value is -6.90. The average molecular weight is 835 g/mol. The van der Waals surface area contributed by atoms with Crippen LogP contribution in [0, 0.1) is 0 Å². The summed E-state index contributed by atoms with van der Waals surface area (Å²) in [6.45, 7) is 14.7. The Morgan fingerprint density at radius 1 is 0.443 bits per heavy atom. The van der Waals surface area contributed by atoms with Crippen molar-refractivity contribution < 1.29 is 66.7 Å². The molecule has 14 nitrogen and oxygen atoms in total. The van der Waals surface area contributed by atoms with Gasteiger partial charge in [-0.15, -0.1) is 0 Å². The molecule has 14 heteroatoms. The molecule has 0 heterocycles. The van der Waals surface area contributed by atoms with E-state index in [2.05, 4.69) is 13.2 Å². The van der Waals surface area contributed by atoms with Gasteiger partial charge in [0, 0.05) is 16.6 Å². The fraction of sp³-hybridized carbons (Fsp3) is 0.277. The van der Waals surface area contributed by atoms with E-state index in [1.165, 1.54) is 48.5 Å². The summed E-state index contributed by atoms with van der Waals surface area (Å²) in [5, 5.41) is 0. The number of hydrogen-bond acceptors (Lipinski definition) is 14. The minimum atomic E-state index is -0.616. The zero-order valence-corrected chi connectivity index (χ0v) is 34.4. The van der Waals surface area contributed by atoms with Crippen molar-refractivity contribution in [2.24, 2.45) is 0 Å². The number of esters is 6. The Balaban J connectivity index is 1.09. The maximum Gasteiger partial charge on any atom is 0.343 e. The molecule has 0 saturated heterocycles. The summed E-state index contributed by atoms with van der Waals surface area (Å²) in [5.41, 5.74) is 4.66. The van der Waals surface area contributed by atoms with E-state index in [1.807, 2.05) is 26.0 Å².